The first-order valence-corrected chi connectivity index (χ1v) is 11.6. The molecule has 2 heteroatoms. The van der Waals surface area contributed by atoms with E-state index >= 15 is 0 Å². The molecule has 0 aromatic carbocycles. The van der Waals surface area contributed by atoms with Gasteiger partial charge in [-0.1, -0.05) is 60.1 Å². The number of hydrogen-bond donors (Lipinski definition) is 0. The molecule has 1 nitrogen and oxygen atoms in total. The zero-order valence-corrected chi connectivity index (χ0v) is 21.5. The Morgan fingerprint density at radius 1 is 1.04 bits per heavy atom. The molecular weight excluding hydrogens is 358 g/mol. The van der Waals surface area contributed by atoms with Crippen LogP contribution in [0.4, 0.5) is 0 Å². The predicted octanol–water partition coefficient (Wildman–Crippen LogP) is 9.90. The second-order valence-corrected chi connectivity index (χ2v) is 6.57. The first-order chi connectivity index (χ1) is 13.4. The zero-order chi connectivity index (χ0) is 22.7. The molecule has 2 aromatic rings. The topological polar surface area (TPSA) is 12.9 Å². The van der Waals surface area contributed by atoms with E-state index in [1.807, 2.05) is 61.6 Å². The Morgan fingerprint density at radius 3 is 1.86 bits per heavy atom. The Hall–Kier alpha value is -1.67. The highest BCUT2D eigenvalue weighted by Gasteiger charge is 2.06. The van der Waals surface area contributed by atoms with Crippen LogP contribution in [-0.2, 0) is 0 Å². The van der Waals surface area contributed by atoms with Gasteiger partial charge in [-0.25, -0.2) is 0 Å². The minimum atomic E-state index is 1.10. The smallest absolute Gasteiger partial charge is 0.0685 e. The number of aryl methyl sites for hydroxylation is 2. The number of aromatic nitrogens is 1. The molecule has 0 aliphatic heterocycles. The summed E-state index contributed by atoms with van der Waals surface area (Å²) < 4.78 is 0. The molecule has 160 valence electrons. The average molecular weight is 404 g/mol. The lowest BCUT2D eigenvalue weighted by molar-refractivity contribution is 1.11. The molecule has 0 saturated heterocycles. The van der Waals surface area contributed by atoms with Gasteiger partial charge in [0.15, 0.2) is 0 Å². The van der Waals surface area contributed by atoms with Gasteiger partial charge in [-0.3, -0.25) is 4.98 Å². The fourth-order valence-electron chi connectivity index (χ4n) is 1.84. The van der Waals surface area contributed by atoms with Gasteiger partial charge in [-0.15, -0.1) is 17.9 Å². The van der Waals surface area contributed by atoms with Crippen molar-refractivity contribution in [1.82, 2.24) is 4.98 Å². The quantitative estimate of drug-likeness (QED) is 0.464. The van der Waals surface area contributed by atoms with Gasteiger partial charge in [0.1, 0.15) is 0 Å². The van der Waals surface area contributed by atoms with E-state index in [1.165, 1.54) is 32.7 Å². The molecule has 2 aromatic heterocycles. The van der Waals surface area contributed by atoms with Crippen molar-refractivity contribution in [2.24, 2.45) is 0 Å². The lowest BCUT2D eigenvalue weighted by Gasteiger charge is -2.06. The molecule has 0 atom stereocenters. The molecule has 0 amide bonds. The largest absolute Gasteiger partial charge is 0.256 e. The van der Waals surface area contributed by atoms with Gasteiger partial charge >= 0.3 is 0 Å². The number of rotatable bonds is 3. The SMILES string of the molecule is C/C=C(/C)c1ncc(-c2cc(C)cs2)cc1C.C=C(C)CC.CC.CC.CC. The molecule has 2 heterocycles. The third-order valence-corrected chi connectivity index (χ3v) is 4.60. The summed E-state index contributed by atoms with van der Waals surface area (Å²) in [5, 5.41) is 2.18. The maximum absolute atomic E-state index is 4.57. The lowest BCUT2D eigenvalue weighted by atomic mass is 10.1. The second kappa shape index (κ2) is 20.1. The van der Waals surface area contributed by atoms with Gasteiger partial charge in [-0.05, 0) is 75.3 Å². The Morgan fingerprint density at radius 2 is 1.54 bits per heavy atom. The standard InChI is InChI=1S/C15H17NS.C5H10.3C2H6/c1-5-11(3)15-12(4)7-13(8-16-15)14-6-10(2)9-17-14;1-4-5(2)3;3*1-2/h5-9H,1-4H3;2,4H2,1,3H3;3*1-2H3/b11-5-;;;;. The molecule has 0 fully saturated rings. The normalized spacial score (nSPS) is 9.21. The fraction of sp³-hybridized carbons (Fsp3) is 0.500. The van der Waals surface area contributed by atoms with Crippen molar-refractivity contribution < 1.29 is 0 Å². The minimum Gasteiger partial charge on any atom is -0.256 e. The summed E-state index contributed by atoms with van der Waals surface area (Å²) in [5.74, 6) is 0. The molecule has 0 spiro atoms. The maximum Gasteiger partial charge on any atom is 0.0685 e. The van der Waals surface area contributed by atoms with Crippen molar-refractivity contribution in [3.63, 3.8) is 0 Å². The molecule has 0 unspecified atom stereocenters. The highest BCUT2D eigenvalue weighted by molar-refractivity contribution is 7.13. The van der Waals surface area contributed by atoms with Crippen LogP contribution in [-0.4, -0.2) is 4.98 Å². The van der Waals surface area contributed by atoms with E-state index in [0.29, 0.717) is 0 Å². The van der Waals surface area contributed by atoms with E-state index in [-0.39, 0.29) is 0 Å². The summed E-state index contributed by atoms with van der Waals surface area (Å²) in [7, 11) is 0. The van der Waals surface area contributed by atoms with Crippen LogP contribution in [0.5, 0.6) is 0 Å². The highest BCUT2D eigenvalue weighted by Crippen LogP contribution is 2.28. The van der Waals surface area contributed by atoms with Crippen molar-refractivity contribution in [3.05, 3.63) is 58.8 Å². The summed E-state index contributed by atoms with van der Waals surface area (Å²) in [5.41, 5.74) is 7.36. The van der Waals surface area contributed by atoms with E-state index in [4.69, 9.17) is 0 Å². The van der Waals surface area contributed by atoms with Crippen LogP contribution in [0.2, 0.25) is 0 Å². The van der Waals surface area contributed by atoms with Crippen molar-refractivity contribution >= 4 is 16.9 Å². The average Bonchev–Trinajstić information content (AvgIpc) is 3.18. The molecule has 0 radical (unpaired) electrons. The van der Waals surface area contributed by atoms with Crippen LogP contribution >= 0.6 is 11.3 Å². The van der Waals surface area contributed by atoms with Gasteiger partial charge in [0.05, 0.1) is 5.69 Å². The summed E-state index contributed by atoms with van der Waals surface area (Å²) in [4.78, 5) is 5.87. The van der Waals surface area contributed by atoms with Gasteiger partial charge < -0.3 is 0 Å². The van der Waals surface area contributed by atoms with Crippen LogP contribution in [0, 0.1) is 13.8 Å². The van der Waals surface area contributed by atoms with Gasteiger partial charge in [0.25, 0.3) is 0 Å². The first-order valence-electron chi connectivity index (χ1n) is 10.7. The minimum absolute atomic E-state index is 1.10. The van der Waals surface area contributed by atoms with Gasteiger partial charge in [-0.2, -0.15) is 0 Å². The fourth-order valence-corrected chi connectivity index (χ4v) is 2.72. The molecule has 0 aliphatic carbocycles. The van der Waals surface area contributed by atoms with Crippen LogP contribution in [0.3, 0.4) is 0 Å². The third kappa shape index (κ3) is 12.7. The predicted molar refractivity (Wildman–Crippen MR) is 135 cm³/mol. The molecule has 0 bridgehead atoms. The summed E-state index contributed by atoms with van der Waals surface area (Å²) >= 11 is 1.78. The maximum atomic E-state index is 4.57. The first kappa shape index (κ1) is 31.0. The highest BCUT2D eigenvalue weighted by atomic mass is 32.1. The summed E-state index contributed by atoms with van der Waals surface area (Å²) in [6, 6.07) is 4.43. The Bertz CT molecular complexity index is 663. The zero-order valence-electron chi connectivity index (χ0n) is 20.7. The molecule has 0 N–H and O–H groups in total. The van der Waals surface area contributed by atoms with Crippen LogP contribution in [0.25, 0.3) is 16.0 Å². The van der Waals surface area contributed by atoms with E-state index < -0.39 is 0 Å². The Balaban J connectivity index is -0.000000481. The molecule has 0 aliphatic rings. The van der Waals surface area contributed by atoms with Crippen LogP contribution < -0.4 is 0 Å². The Labute approximate surface area is 180 Å². The number of hydrogen-bond acceptors (Lipinski definition) is 2. The van der Waals surface area contributed by atoms with Gasteiger partial charge in [0.2, 0.25) is 0 Å². The van der Waals surface area contributed by atoms with Crippen molar-refractivity contribution in [3.8, 4) is 10.4 Å². The molecule has 2 rings (SSSR count). The summed E-state index contributed by atoms with van der Waals surface area (Å²) in [6.45, 7) is 28.2. The van der Waals surface area contributed by atoms with E-state index in [9.17, 15) is 0 Å². The van der Waals surface area contributed by atoms with E-state index in [1.54, 1.807) is 11.3 Å². The molecule has 28 heavy (non-hydrogen) atoms. The molecule has 0 saturated carbocycles. The van der Waals surface area contributed by atoms with Crippen molar-refractivity contribution in [1.29, 1.82) is 0 Å². The lowest BCUT2D eigenvalue weighted by Crippen LogP contribution is -1.91. The number of pyridine rings is 1. The number of thiophene rings is 1. The molecular formula is C26H45NS. The summed E-state index contributed by atoms with van der Waals surface area (Å²) in [6.07, 6.45) is 5.19. The van der Waals surface area contributed by atoms with Crippen molar-refractivity contribution in [2.45, 2.75) is 89.5 Å². The Kier molecular flexibility index (Phi) is 22.3. The second-order valence-electron chi connectivity index (χ2n) is 5.66. The van der Waals surface area contributed by atoms with Crippen LogP contribution in [0.1, 0.15) is 92.5 Å². The monoisotopic (exact) mass is 403 g/mol. The number of allylic oxidation sites excluding steroid dienone is 3. The number of nitrogens with zero attached hydrogens (tertiary/aromatic N) is 1. The van der Waals surface area contributed by atoms with Crippen molar-refractivity contribution in [2.75, 3.05) is 0 Å². The third-order valence-electron chi connectivity index (χ3n) is 3.50. The van der Waals surface area contributed by atoms with E-state index in [0.717, 1.165) is 12.1 Å². The van der Waals surface area contributed by atoms with Crippen LogP contribution in [0.15, 0.2) is 41.9 Å². The van der Waals surface area contributed by atoms with Gasteiger partial charge in [0, 0.05) is 16.6 Å². The van der Waals surface area contributed by atoms with E-state index in [2.05, 4.69) is 62.8 Å².